The van der Waals surface area contributed by atoms with Gasteiger partial charge in [-0.15, -0.1) is 0 Å². The molecule has 0 rings (SSSR count). The molecule has 0 bridgehead atoms. The summed E-state index contributed by atoms with van der Waals surface area (Å²) in [7, 11) is 0. The van der Waals surface area contributed by atoms with Gasteiger partial charge >= 0.3 is 0 Å². The highest BCUT2D eigenvalue weighted by atomic mass is 16.2. The fourth-order valence-corrected chi connectivity index (χ4v) is 2.37. The van der Waals surface area contributed by atoms with Gasteiger partial charge in [0.25, 0.3) is 0 Å². The number of nitrogens with one attached hydrogen (secondary N) is 2. The van der Waals surface area contributed by atoms with E-state index in [9.17, 15) is 9.59 Å². The van der Waals surface area contributed by atoms with Gasteiger partial charge in [-0.1, -0.05) is 34.6 Å². The van der Waals surface area contributed by atoms with Crippen molar-refractivity contribution in [3.05, 3.63) is 0 Å². The Morgan fingerprint density at radius 3 is 1.85 bits per heavy atom. The number of rotatable bonds is 9. The summed E-state index contributed by atoms with van der Waals surface area (Å²) in [6.07, 6.45) is 3.73. The van der Waals surface area contributed by atoms with Crippen molar-refractivity contribution in [2.45, 2.75) is 79.2 Å². The van der Waals surface area contributed by atoms with Crippen LogP contribution in [-0.4, -0.2) is 23.9 Å². The lowest BCUT2D eigenvalue weighted by Gasteiger charge is -2.39. The molecular weight excluding hydrogens is 252 g/mol. The molecule has 0 aliphatic rings. The van der Waals surface area contributed by atoms with Gasteiger partial charge in [-0.3, -0.25) is 9.59 Å². The molecule has 0 aromatic heterocycles. The largest absolute Gasteiger partial charge is 0.356 e. The summed E-state index contributed by atoms with van der Waals surface area (Å²) >= 11 is 0. The zero-order valence-corrected chi connectivity index (χ0v) is 14.1. The van der Waals surface area contributed by atoms with Crippen molar-refractivity contribution in [1.29, 1.82) is 0 Å². The second kappa shape index (κ2) is 8.28. The lowest BCUT2D eigenvalue weighted by atomic mass is 9.74. The van der Waals surface area contributed by atoms with Crippen molar-refractivity contribution in [1.82, 2.24) is 10.6 Å². The Morgan fingerprint density at radius 1 is 0.900 bits per heavy atom. The molecule has 0 spiro atoms. The van der Waals surface area contributed by atoms with Gasteiger partial charge in [0, 0.05) is 24.9 Å². The summed E-state index contributed by atoms with van der Waals surface area (Å²) in [5.41, 5.74) is -0.217. The molecule has 0 aromatic carbocycles. The molecule has 4 heteroatoms. The Bertz CT molecular complexity index is 330. The monoisotopic (exact) mass is 284 g/mol. The first-order chi connectivity index (χ1) is 9.24. The third kappa shape index (κ3) is 6.40. The number of hydrogen-bond acceptors (Lipinski definition) is 2. The van der Waals surface area contributed by atoms with Gasteiger partial charge in [-0.05, 0) is 31.6 Å². The first-order valence-corrected chi connectivity index (χ1v) is 7.82. The Labute approximate surface area is 124 Å². The van der Waals surface area contributed by atoms with Crippen LogP contribution in [0.5, 0.6) is 0 Å². The maximum absolute atomic E-state index is 11.7. The summed E-state index contributed by atoms with van der Waals surface area (Å²) in [6.45, 7) is 12.9. The van der Waals surface area contributed by atoms with Gasteiger partial charge in [0.15, 0.2) is 0 Å². The van der Waals surface area contributed by atoms with Crippen LogP contribution in [-0.2, 0) is 9.59 Å². The molecule has 0 saturated carbocycles. The number of amides is 2. The minimum absolute atomic E-state index is 0.00336. The molecule has 20 heavy (non-hydrogen) atoms. The normalized spacial score (nSPS) is 16.9. The van der Waals surface area contributed by atoms with Crippen LogP contribution in [0.4, 0.5) is 0 Å². The van der Waals surface area contributed by atoms with Crippen molar-refractivity contribution >= 4 is 11.8 Å². The molecule has 0 saturated heterocycles. The summed E-state index contributed by atoms with van der Waals surface area (Å²) in [6, 6.07) is 0. The third-order valence-electron chi connectivity index (χ3n) is 4.25. The predicted octanol–water partition coefficient (Wildman–Crippen LogP) is 3.01. The molecule has 0 fully saturated rings. The van der Waals surface area contributed by atoms with E-state index in [1.54, 1.807) is 0 Å². The fourth-order valence-electron chi connectivity index (χ4n) is 2.37. The topological polar surface area (TPSA) is 58.2 Å². The van der Waals surface area contributed by atoms with E-state index >= 15 is 0 Å². The van der Waals surface area contributed by atoms with Crippen LogP contribution in [0.3, 0.4) is 0 Å². The van der Waals surface area contributed by atoms with E-state index in [0.717, 1.165) is 19.3 Å². The molecule has 2 atom stereocenters. The minimum Gasteiger partial charge on any atom is -0.356 e. The van der Waals surface area contributed by atoms with Crippen LogP contribution in [0.1, 0.15) is 73.6 Å². The molecule has 4 nitrogen and oxygen atoms in total. The Hall–Kier alpha value is -1.06. The van der Waals surface area contributed by atoms with Crippen molar-refractivity contribution in [2.24, 2.45) is 5.41 Å². The van der Waals surface area contributed by atoms with Gasteiger partial charge in [0.1, 0.15) is 0 Å². The van der Waals surface area contributed by atoms with E-state index in [0.29, 0.717) is 19.4 Å². The maximum Gasteiger partial charge on any atom is 0.220 e. The molecule has 2 N–H and O–H groups in total. The number of hydrogen-bond donors (Lipinski definition) is 2. The van der Waals surface area contributed by atoms with Gasteiger partial charge in [-0.25, -0.2) is 0 Å². The molecule has 0 heterocycles. The van der Waals surface area contributed by atoms with Crippen LogP contribution < -0.4 is 10.6 Å². The highest BCUT2D eigenvalue weighted by Crippen LogP contribution is 2.33. The van der Waals surface area contributed by atoms with E-state index in [2.05, 4.69) is 38.3 Å². The van der Waals surface area contributed by atoms with Gasteiger partial charge in [-0.2, -0.15) is 0 Å². The number of carbonyl (C=O) groups excluding carboxylic acids is 2. The van der Waals surface area contributed by atoms with Crippen LogP contribution in [0.2, 0.25) is 0 Å². The highest BCUT2D eigenvalue weighted by molar-refractivity contribution is 5.76. The van der Waals surface area contributed by atoms with Crippen LogP contribution >= 0.6 is 0 Å². The molecule has 0 radical (unpaired) electrons. The lowest BCUT2D eigenvalue weighted by Crippen LogP contribution is -2.50. The first-order valence-electron chi connectivity index (χ1n) is 7.82. The van der Waals surface area contributed by atoms with Crippen LogP contribution in [0.15, 0.2) is 0 Å². The molecule has 0 aliphatic carbocycles. The van der Waals surface area contributed by atoms with Crippen molar-refractivity contribution < 1.29 is 9.59 Å². The van der Waals surface area contributed by atoms with E-state index < -0.39 is 0 Å². The Balaban J connectivity index is 4.77. The molecule has 0 aromatic rings. The summed E-state index contributed by atoms with van der Waals surface area (Å²) in [5, 5.41) is 6.12. The molecule has 0 aliphatic heterocycles. The lowest BCUT2D eigenvalue weighted by molar-refractivity contribution is -0.124. The minimum atomic E-state index is -0.213. The van der Waals surface area contributed by atoms with E-state index in [4.69, 9.17) is 0 Å². The Kier molecular flexibility index (Phi) is 7.84. The molecule has 118 valence electrons. The third-order valence-corrected chi connectivity index (χ3v) is 4.25. The zero-order chi connectivity index (χ0) is 15.8. The van der Waals surface area contributed by atoms with E-state index in [1.165, 1.54) is 0 Å². The average molecular weight is 284 g/mol. The molecule has 2 amide bonds. The number of carbonyl (C=O) groups is 2. The van der Waals surface area contributed by atoms with Crippen LogP contribution in [0, 0.1) is 5.41 Å². The standard InChI is InChI=1S/C16H32N2O2/c1-7-13(19)17-12-15(5,9-3)11-16(6,10-4)18-14(20)8-2/h7-12H2,1-6H3,(H,17,19)(H,18,20). The first kappa shape index (κ1) is 18.9. The van der Waals surface area contributed by atoms with Gasteiger partial charge < -0.3 is 10.6 Å². The highest BCUT2D eigenvalue weighted by Gasteiger charge is 2.34. The van der Waals surface area contributed by atoms with E-state index in [-0.39, 0.29) is 22.8 Å². The Morgan fingerprint density at radius 2 is 1.45 bits per heavy atom. The molecule has 2 unspecified atom stereocenters. The summed E-state index contributed by atoms with van der Waals surface area (Å²) in [5.74, 6) is 0.172. The van der Waals surface area contributed by atoms with E-state index in [1.807, 2.05) is 13.8 Å². The fraction of sp³-hybridized carbons (Fsp3) is 0.875. The summed E-state index contributed by atoms with van der Waals surface area (Å²) < 4.78 is 0. The average Bonchev–Trinajstić information content (AvgIpc) is 2.44. The zero-order valence-electron chi connectivity index (χ0n) is 14.1. The summed E-state index contributed by atoms with van der Waals surface area (Å²) in [4.78, 5) is 23.1. The van der Waals surface area contributed by atoms with Crippen molar-refractivity contribution in [2.75, 3.05) is 6.54 Å². The van der Waals surface area contributed by atoms with Crippen molar-refractivity contribution in [3.8, 4) is 0 Å². The second-order valence-corrected chi connectivity index (χ2v) is 6.29. The molecular formula is C16H32N2O2. The SMILES string of the molecule is CCC(=O)NCC(C)(CC)CC(C)(CC)NC(=O)CC. The quantitative estimate of drug-likeness (QED) is 0.684. The van der Waals surface area contributed by atoms with Gasteiger partial charge in [0.05, 0.1) is 0 Å². The van der Waals surface area contributed by atoms with Crippen molar-refractivity contribution in [3.63, 3.8) is 0 Å². The van der Waals surface area contributed by atoms with Gasteiger partial charge in [0.2, 0.25) is 11.8 Å². The van der Waals surface area contributed by atoms with Crippen LogP contribution in [0.25, 0.3) is 0 Å². The second-order valence-electron chi connectivity index (χ2n) is 6.29. The predicted molar refractivity (Wildman–Crippen MR) is 83.4 cm³/mol. The maximum atomic E-state index is 11.7. The smallest absolute Gasteiger partial charge is 0.220 e.